The molecule has 0 fully saturated rings. The number of aliphatic hydroxyl groups excluding tert-OH is 1. The van der Waals surface area contributed by atoms with Crippen LogP contribution in [0.1, 0.15) is 22.2 Å². The molecule has 0 saturated heterocycles. The lowest BCUT2D eigenvalue weighted by atomic mass is 10.2. The molecular weight excluding hydrogens is 194 g/mol. The third-order valence-corrected chi connectivity index (χ3v) is 2.70. The predicted octanol–water partition coefficient (Wildman–Crippen LogP) is 1.86. The number of aliphatic hydroxyl groups is 1. The van der Waals surface area contributed by atoms with E-state index in [0.717, 1.165) is 4.88 Å². The fourth-order valence-corrected chi connectivity index (χ4v) is 1.85. The molecule has 0 aromatic carbocycles. The zero-order valence-corrected chi connectivity index (χ0v) is 8.62. The lowest BCUT2D eigenvalue weighted by molar-refractivity contribution is 0.277. The van der Waals surface area contributed by atoms with Crippen molar-refractivity contribution in [3.8, 4) is 0 Å². The Hall–Kier alpha value is -0.0900. The Morgan fingerprint density at radius 2 is 2.25 bits per heavy atom. The van der Waals surface area contributed by atoms with Crippen LogP contribution >= 0.6 is 23.7 Å². The number of thiophene rings is 1. The molecular formula is C8H14ClNOS. The molecule has 1 heterocycles. The van der Waals surface area contributed by atoms with E-state index < -0.39 is 0 Å². The molecule has 0 amide bonds. The fraction of sp³-hybridized carbons (Fsp3) is 0.500. The van der Waals surface area contributed by atoms with Gasteiger partial charge in [0.05, 0.1) is 0 Å². The molecule has 0 saturated carbocycles. The van der Waals surface area contributed by atoms with E-state index in [0.29, 0.717) is 6.42 Å². The summed E-state index contributed by atoms with van der Waals surface area (Å²) >= 11 is 1.70. The van der Waals surface area contributed by atoms with Crippen LogP contribution in [0.3, 0.4) is 0 Å². The van der Waals surface area contributed by atoms with Gasteiger partial charge in [-0.1, -0.05) is 0 Å². The van der Waals surface area contributed by atoms with E-state index in [9.17, 15) is 0 Å². The minimum atomic E-state index is 0. The molecule has 0 radical (unpaired) electrons. The number of nitrogens with two attached hydrogens (primary N) is 1. The smallest absolute Gasteiger partial charge is 0.0449 e. The second-order valence-corrected chi connectivity index (χ2v) is 3.89. The number of hydrogen-bond donors (Lipinski definition) is 2. The van der Waals surface area contributed by atoms with Crippen molar-refractivity contribution in [1.29, 1.82) is 0 Å². The summed E-state index contributed by atoms with van der Waals surface area (Å²) in [7, 11) is 0. The van der Waals surface area contributed by atoms with Crippen LogP contribution < -0.4 is 5.73 Å². The van der Waals surface area contributed by atoms with Crippen molar-refractivity contribution in [2.45, 2.75) is 19.4 Å². The quantitative estimate of drug-likeness (QED) is 0.795. The summed E-state index contributed by atoms with van der Waals surface area (Å²) in [5, 5.41) is 8.63. The van der Waals surface area contributed by atoms with Crippen molar-refractivity contribution in [2.75, 3.05) is 6.61 Å². The van der Waals surface area contributed by atoms with Crippen LogP contribution in [0.2, 0.25) is 0 Å². The highest BCUT2D eigenvalue weighted by atomic mass is 35.5. The monoisotopic (exact) mass is 207 g/mol. The largest absolute Gasteiger partial charge is 0.396 e. The maximum atomic E-state index is 8.63. The molecule has 12 heavy (non-hydrogen) atoms. The third kappa shape index (κ3) is 3.11. The van der Waals surface area contributed by atoms with Gasteiger partial charge in [-0.25, -0.2) is 0 Å². The van der Waals surface area contributed by atoms with Crippen molar-refractivity contribution in [3.05, 3.63) is 21.9 Å². The van der Waals surface area contributed by atoms with Crippen LogP contribution in [0.25, 0.3) is 0 Å². The minimum Gasteiger partial charge on any atom is -0.396 e. The molecule has 4 heteroatoms. The van der Waals surface area contributed by atoms with Gasteiger partial charge in [0.2, 0.25) is 0 Å². The number of rotatable bonds is 3. The van der Waals surface area contributed by atoms with Crippen LogP contribution in [0.15, 0.2) is 12.1 Å². The summed E-state index contributed by atoms with van der Waals surface area (Å²) < 4.78 is 0. The van der Waals surface area contributed by atoms with Gasteiger partial charge in [0.1, 0.15) is 0 Å². The first kappa shape index (κ1) is 11.9. The molecule has 1 aromatic heterocycles. The summed E-state index contributed by atoms with van der Waals surface area (Å²) in [6.45, 7) is 2.22. The van der Waals surface area contributed by atoms with Gasteiger partial charge in [-0.3, -0.25) is 0 Å². The van der Waals surface area contributed by atoms with Gasteiger partial charge in [0.15, 0.2) is 0 Å². The fourth-order valence-electron chi connectivity index (χ4n) is 0.934. The molecule has 3 N–H and O–H groups in total. The Kier molecular flexibility index (Phi) is 5.50. The number of aryl methyl sites for hydroxylation is 1. The first-order valence-corrected chi connectivity index (χ1v) is 4.48. The van der Waals surface area contributed by atoms with Crippen molar-refractivity contribution >= 4 is 23.7 Å². The van der Waals surface area contributed by atoms with E-state index in [2.05, 4.69) is 13.0 Å². The van der Waals surface area contributed by atoms with Crippen LogP contribution in [0.4, 0.5) is 0 Å². The van der Waals surface area contributed by atoms with Gasteiger partial charge >= 0.3 is 0 Å². The normalized spacial score (nSPS) is 12.2. The zero-order chi connectivity index (χ0) is 8.27. The van der Waals surface area contributed by atoms with Gasteiger partial charge < -0.3 is 10.8 Å². The molecule has 70 valence electrons. The average Bonchev–Trinajstić information content (AvgIpc) is 2.36. The van der Waals surface area contributed by atoms with E-state index in [1.165, 1.54) is 4.88 Å². The number of hydrogen-bond acceptors (Lipinski definition) is 3. The molecule has 1 rings (SSSR count). The van der Waals surface area contributed by atoms with Crippen molar-refractivity contribution in [2.24, 2.45) is 5.73 Å². The highest BCUT2D eigenvalue weighted by molar-refractivity contribution is 7.12. The third-order valence-electron chi connectivity index (χ3n) is 1.57. The lowest BCUT2D eigenvalue weighted by Gasteiger charge is -2.05. The zero-order valence-electron chi connectivity index (χ0n) is 6.99. The second kappa shape index (κ2) is 5.54. The molecule has 0 aliphatic heterocycles. The maximum Gasteiger partial charge on any atom is 0.0449 e. The first-order chi connectivity index (χ1) is 5.24. The van der Waals surface area contributed by atoms with Gasteiger partial charge in [-0.15, -0.1) is 23.7 Å². The average molecular weight is 208 g/mol. The Labute approximate surface area is 82.8 Å². The second-order valence-electron chi connectivity index (χ2n) is 2.57. The first-order valence-electron chi connectivity index (χ1n) is 3.67. The molecule has 0 aliphatic rings. The van der Waals surface area contributed by atoms with E-state index in [-0.39, 0.29) is 25.1 Å². The molecule has 0 aliphatic carbocycles. The summed E-state index contributed by atoms with van der Waals surface area (Å²) in [4.78, 5) is 2.44. The van der Waals surface area contributed by atoms with Crippen molar-refractivity contribution in [3.63, 3.8) is 0 Å². The molecule has 0 bridgehead atoms. The number of halogens is 1. The van der Waals surface area contributed by atoms with E-state index in [1.54, 1.807) is 11.3 Å². The Morgan fingerprint density at radius 3 is 2.67 bits per heavy atom. The predicted molar refractivity (Wildman–Crippen MR) is 54.9 cm³/mol. The lowest BCUT2D eigenvalue weighted by Crippen LogP contribution is -2.09. The molecule has 2 nitrogen and oxygen atoms in total. The Balaban J connectivity index is 0.00000121. The highest BCUT2D eigenvalue weighted by Crippen LogP contribution is 2.22. The van der Waals surface area contributed by atoms with Crippen molar-refractivity contribution in [1.82, 2.24) is 0 Å². The topological polar surface area (TPSA) is 46.2 Å². The molecule has 1 atom stereocenters. The van der Waals surface area contributed by atoms with Gasteiger partial charge in [-0.05, 0) is 25.5 Å². The SMILES string of the molecule is Cc1ccc([C@H](N)CCO)s1.Cl. The van der Waals surface area contributed by atoms with E-state index in [1.807, 2.05) is 6.07 Å². The molecule has 0 unspecified atom stereocenters. The minimum absolute atomic E-state index is 0. The summed E-state index contributed by atoms with van der Waals surface area (Å²) in [6, 6.07) is 4.09. The summed E-state index contributed by atoms with van der Waals surface area (Å²) in [6.07, 6.45) is 0.653. The van der Waals surface area contributed by atoms with Gasteiger partial charge in [-0.2, -0.15) is 0 Å². The highest BCUT2D eigenvalue weighted by Gasteiger charge is 2.06. The van der Waals surface area contributed by atoms with Gasteiger partial charge in [0, 0.05) is 22.4 Å². The van der Waals surface area contributed by atoms with Gasteiger partial charge in [0.25, 0.3) is 0 Å². The van der Waals surface area contributed by atoms with E-state index in [4.69, 9.17) is 10.8 Å². The molecule has 1 aromatic rings. The maximum absolute atomic E-state index is 8.63. The van der Waals surface area contributed by atoms with Crippen LogP contribution in [0, 0.1) is 6.92 Å². The Morgan fingerprint density at radius 1 is 1.58 bits per heavy atom. The summed E-state index contributed by atoms with van der Waals surface area (Å²) in [5.74, 6) is 0. The van der Waals surface area contributed by atoms with Crippen LogP contribution in [-0.4, -0.2) is 11.7 Å². The summed E-state index contributed by atoms with van der Waals surface area (Å²) in [5.41, 5.74) is 5.77. The van der Waals surface area contributed by atoms with E-state index >= 15 is 0 Å². The van der Waals surface area contributed by atoms with Crippen molar-refractivity contribution < 1.29 is 5.11 Å². The van der Waals surface area contributed by atoms with Crippen LogP contribution in [-0.2, 0) is 0 Å². The Bertz CT molecular complexity index is 227. The molecule has 0 spiro atoms. The standard InChI is InChI=1S/C8H13NOS.ClH/c1-6-2-3-8(11-6)7(9)4-5-10;/h2-3,7,10H,4-5,9H2,1H3;1H/t7-;/m1./s1. The van der Waals surface area contributed by atoms with Crippen LogP contribution in [0.5, 0.6) is 0 Å².